The first-order valence-corrected chi connectivity index (χ1v) is 5.99. The highest BCUT2D eigenvalue weighted by molar-refractivity contribution is 5.44. The highest BCUT2D eigenvalue weighted by atomic mass is 15.3. The van der Waals surface area contributed by atoms with Crippen LogP contribution in [-0.2, 0) is 0 Å². The van der Waals surface area contributed by atoms with Gasteiger partial charge in [-0.2, -0.15) is 4.98 Å². The molecule has 96 valence electrons. The van der Waals surface area contributed by atoms with Gasteiger partial charge in [-0.05, 0) is 26.2 Å². The Morgan fingerprint density at radius 2 is 2.00 bits per heavy atom. The van der Waals surface area contributed by atoms with Crippen molar-refractivity contribution in [1.82, 2.24) is 9.97 Å². The van der Waals surface area contributed by atoms with E-state index in [2.05, 4.69) is 48.1 Å². The van der Waals surface area contributed by atoms with Gasteiger partial charge in [-0.1, -0.05) is 13.8 Å². The molecule has 3 N–H and O–H groups in total. The number of nitrogens with one attached hydrogen (secondary N) is 1. The zero-order chi connectivity index (χ0) is 13.0. The Hall–Kier alpha value is -1.36. The van der Waals surface area contributed by atoms with Gasteiger partial charge in [0, 0.05) is 24.8 Å². The second-order valence-electron chi connectivity index (χ2n) is 4.92. The highest BCUT2D eigenvalue weighted by Gasteiger charge is 2.14. The molecule has 5 nitrogen and oxygen atoms in total. The van der Waals surface area contributed by atoms with E-state index in [9.17, 15) is 0 Å². The molecule has 0 spiro atoms. The van der Waals surface area contributed by atoms with Gasteiger partial charge in [-0.25, -0.2) is 10.8 Å². The molecule has 1 aromatic rings. The Morgan fingerprint density at radius 3 is 2.53 bits per heavy atom. The Bertz CT molecular complexity index is 364. The van der Waals surface area contributed by atoms with E-state index in [1.165, 1.54) is 0 Å². The lowest BCUT2D eigenvalue weighted by Crippen LogP contribution is -2.31. The number of nitrogens with two attached hydrogens (primary N) is 1. The van der Waals surface area contributed by atoms with Crippen molar-refractivity contribution >= 4 is 11.8 Å². The molecule has 0 amide bonds. The van der Waals surface area contributed by atoms with Crippen LogP contribution in [0, 0.1) is 12.8 Å². The average Bonchev–Trinajstić information content (AvgIpc) is 2.26. The molecule has 1 rings (SSSR count). The predicted molar refractivity (Wildman–Crippen MR) is 71.9 cm³/mol. The van der Waals surface area contributed by atoms with E-state index in [4.69, 9.17) is 5.84 Å². The number of aryl methyl sites for hydroxylation is 1. The number of hydrogen-bond acceptors (Lipinski definition) is 5. The molecule has 17 heavy (non-hydrogen) atoms. The molecule has 1 atom stereocenters. The zero-order valence-electron chi connectivity index (χ0n) is 11.4. The lowest BCUT2D eigenvalue weighted by atomic mass is 10.0. The van der Waals surface area contributed by atoms with Crippen molar-refractivity contribution in [1.29, 1.82) is 0 Å². The van der Waals surface area contributed by atoms with Gasteiger partial charge in [0.1, 0.15) is 5.82 Å². The molecule has 0 aliphatic rings. The monoisotopic (exact) mass is 237 g/mol. The van der Waals surface area contributed by atoms with E-state index in [-0.39, 0.29) is 0 Å². The van der Waals surface area contributed by atoms with Gasteiger partial charge in [0.15, 0.2) is 0 Å². The second-order valence-corrected chi connectivity index (χ2v) is 4.92. The van der Waals surface area contributed by atoms with E-state index in [0.717, 1.165) is 17.9 Å². The van der Waals surface area contributed by atoms with Crippen LogP contribution < -0.4 is 16.2 Å². The summed E-state index contributed by atoms with van der Waals surface area (Å²) in [6.07, 6.45) is 1.13. The third-order valence-electron chi connectivity index (χ3n) is 2.80. The summed E-state index contributed by atoms with van der Waals surface area (Å²) in [5.74, 6) is 7.38. The van der Waals surface area contributed by atoms with Crippen molar-refractivity contribution in [2.24, 2.45) is 11.8 Å². The van der Waals surface area contributed by atoms with Crippen LogP contribution in [0.25, 0.3) is 0 Å². The summed E-state index contributed by atoms with van der Waals surface area (Å²) in [6, 6.07) is 2.41. The Morgan fingerprint density at radius 1 is 1.35 bits per heavy atom. The fourth-order valence-corrected chi connectivity index (χ4v) is 1.86. The third kappa shape index (κ3) is 3.85. The molecule has 0 aliphatic carbocycles. The number of hydrazine groups is 1. The first kappa shape index (κ1) is 13.7. The summed E-state index contributed by atoms with van der Waals surface area (Å²) < 4.78 is 0. The largest absolute Gasteiger partial charge is 0.357 e. The molecule has 0 saturated heterocycles. The van der Waals surface area contributed by atoms with Crippen LogP contribution in [0.15, 0.2) is 6.07 Å². The molecule has 1 heterocycles. The Kier molecular flexibility index (Phi) is 4.69. The van der Waals surface area contributed by atoms with Crippen molar-refractivity contribution in [3.8, 4) is 0 Å². The minimum absolute atomic E-state index is 0.440. The van der Waals surface area contributed by atoms with Crippen LogP contribution in [0.4, 0.5) is 11.8 Å². The lowest BCUT2D eigenvalue weighted by Gasteiger charge is -2.27. The maximum absolute atomic E-state index is 5.35. The number of rotatable bonds is 5. The van der Waals surface area contributed by atoms with Crippen LogP contribution in [-0.4, -0.2) is 23.1 Å². The van der Waals surface area contributed by atoms with Crippen molar-refractivity contribution < 1.29 is 0 Å². The van der Waals surface area contributed by atoms with E-state index >= 15 is 0 Å². The normalized spacial score (nSPS) is 12.6. The topological polar surface area (TPSA) is 67.1 Å². The van der Waals surface area contributed by atoms with Crippen molar-refractivity contribution in [2.45, 2.75) is 40.2 Å². The average molecular weight is 237 g/mol. The van der Waals surface area contributed by atoms with Gasteiger partial charge in [0.2, 0.25) is 5.95 Å². The van der Waals surface area contributed by atoms with Gasteiger partial charge in [-0.3, -0.25) is 5.43 Å². The Balaban J connectivity index is 2.87. The minimum Gasteiger partial charge on any atom is -0.357 e. The fraction of sp³-hybridized carbons (Fsp3) is 0.667. The van der Waals surface area contributed by atoms with E-state index < -0.39 is 0 Å². The predicted octanol–water partition coefficient (Wildman–Crippen LogP) is 1.94. The Labute approximate surface area is 103 Å². The summed E-state index contributed by atoms with van der Waals surface area (Å²) in [7, 11) is 2.05. The van der Waals surface area contributed by atoms with Gasteiger partial charge in [0.05, 0.1) is 0 Å². The van der Waals surface area contributed by atoms with Gasteiger partial charge >= 0.3 is 0 Å². The fourth-order valence-electron chi connectivity index (χ4n) is 1.86. The van der Waals surface area contributed by atoms with E-state index in [1.807, 2.05) is 13.0 Å². The molecule has 0 fully saturated rings. The highest BCUT2D eigenvalue weighted by Crippen LogP contribution is 2.18. The van der Waals surface area contributed by atoms with Crippen LogP contribution in [0.1, 0.15) is 32.9 Å². The molecule has 0 aromatic carbocycles. The number of aromatic nitrogens is 2. The van der Waals surface area contributed by atoms with E-state index in [1.54, 1.807) is 0 Å². The molecule has 0 bridgehead atoms. The van der Waals surface area contributed by atoms with Crippen molar-refractivity contribution in [3.63, 3.8) is 0 Å². The van der Waals surface area contributed by atoms with E-state index in [0.29, 0.717) is 17.9 Å². The first-order valence-electron chi connectivity index (χ1n) is 5.99. The zero-order valence-corrected chi connectivity index (χ0v) is 11.4. The summed E-state index contributed by atoms with van der Waals surface area (Å²) in [6.45, 7) is 8.59. The number of hydrogen-bond donors (Lipinski definition) is 2. The summed E-state index contributed by atoms with van der Waals surface area (Å²) in [5.41, 5.74) is 3.40. The molecule has 0 radical (unpaired) electrons. The van der Waals surface area contributed by atoms with Gasteiger partial charge in [-0.15, -0.1) is 0 Å². The molecular formula is C12H23N5. The van der Waals surface area contributed by atoms with Crippen molar-refractivity contribution in [2.75, 3.05) is 17.4 Å². The van der Waals surface area contributed by atoms with Gasteiger partial charge < -0.3 is 4.90 Å². The SMILES string of the molecule is Cc1cc(N(C)C(C)CC(C)C)nc(NN)n1. The van der Waals surface area contributed by atoms with Crippen LogP contribution >= 0.6 is 0 Å². The number of anilines is 2. The minimum atomic E-state index is 0.440. The molecule has 1 aromatic heterocycles. The quantitative estimate of drug-likeness (QED) is 0.605. The van der Waals surface area contributed by atoms with Gasteiger partial charge in [0.25, 0.3) is 0 Å². The summed E-state index contributed by atoms with van der Waals surface area (Å²) >= 11 is 0. The van der Waals surface area contributed by atoms with Crippen LogP contribution in [0.2, 0.25) is 0 Å². The maximum Gasteiger partial charge on any atom is 0.239 e. The maximum atomic E-state index is 5.35. The molecular weight excluding hydrogens is 214 g/mol. The van der Waals surface area contributed by atoms with Crippen LogP contribution in [0.5, 0.6) is 0 Å². The van der Waals surface area contributed by atoms with Crippen LogP contribution in [0.3, 0.4) is 0 Å². The molecule has 0 saturated carbocycles. The lowest BCUT2D eigenvalue weighted by molar-refractivity contribution is 0.502. The second kappa shape index (κ2) is 5.82. The molecule has 1 unspecified atom stereocenters. The summed E-state index contributed by atoms with van der Waals surface area (Å²) in [4.78, 5) is 10.7. The van der Waals surface area contributed by atoms with Crippen molar-refractivity contribution in [3.05, 3.63) is 11.8 Å². The smallest absolute Gasteiger partial charge is 0.239 e. The number of nitrogen functional groups attached to an aromatic ring is 1. The molecule has 5 heteroatoms. The first-order chi connectivity index (χ1) is 7.93. The standard InChI is InChI=1S/C12H23N5/c1-8(2)6-10(4)17(5)11-7-9(3)14-12(15-11)16-13/h7-8,10H,6,13H2,1-5H3,(H,14,15,16). The number of nitrogens with zero attached hydrogens (tertiary/aromatic N) is 3. The summed E-state index contributed by atoms with van der Waals surface area (Å²) in [5, 5.41) is 0. The molecule has 0 aliphatic heterocycles. The third-order valence-corrected chi connectivity index (χ3v) is 2.80.